The molecule has 3 saturated heterocycles. The number of aliphatic carboxylic acids is 1. The molecule has 3 aliphatic rings. The van der Waals surface area contributed by atoms with Gasteiger partial charge in [0.15, 0.2) is 0 Å². The zero-order chi connectivity index (χ0) is 13.6. The second-order valence-corrected chi connectivity index (χ2v) is 6.19. The smallest absolute Gasteiger partial charge is 0.313 e. The highest BCUT2D eigenvalue weighted by molar-refractivity contribution is 5.82. The van der Waals surface area contributed by atoms with Gasteiger partial charge < -0.3 is 20.5 Å². The second-order valence-electron chi connectivity index (χ2n) is 6.19. The van der Waals surface area contributed by atoms with Gasteiger partial charge in [-0.05, 0) is 26.2 Å². The van der Waals surface area contributed by atoms with E-state index in [0.717, 1.165) is 19.3 Å². The zero-order valence-corrected chi connectivity index (χ0v) is 11.0. The molecule has 0 saturated carbocycles. The van der Waals surface area contributed by atoms with E-state index >= 15 is 0 Å². The van der Waals surface area contributed by atoms with Crippen LogP contribution in [0.3, 0.4) is 0 Å². The van der Waals surface area contributed by atoms with Crippen molar-refractivity contribution < 1.29 is 19.4 Å². The van der Waals surface area contributed by atoms with Crippen LogP contribution in [0.2, 0.25) is 0 Å². The summed E-state index contributed by atoms with van der Waals surface area (Å²) in [7, 11) is 0. The monoisotopic (exact) mass is 268 g/mol. The first-order valence-corrected chi connectivity index (χ1v) is 6.88. The molecule has 1 amide bonds. The molecule has 5 atom stereocenters. The maximum Gasteiger partial charge on any atom is 0.313 e. The molecule has 0 spiro atoms. The topological polar surface area (TPSA) is 87.7 Å². The van der Waals surface area contributed by atoms with E-state index in [9.17, 15) is 14.7 Å². The Labute approximate surface area is 111 Å². The molecule has 0 aromatic carbocycles. The van der Waals surface area contributed by atoms with Crippen LogP contribution in [-0.2, 0) is 14.3 Å². The summed E-state index contributed by atoms with van der Waals surface area (Å²) >= 11 is 0. The number of hydrogen-bond acceptors (Lipinski definition) is 4. The van der Waals surface area contributed by atoms with Crippen molar-refractivity contribution in [2.24, 2.45) is 11.3 Å². The van der Waals surface area contributed by atoms with Gasteiger partial charge in [0, 0.05) is 12.1 Å². The lowest BCUT2D eigenvalue weighted by Crippen LogP contribution is -2.52. The summed E-state index contributed by atoms with van der Waals surface area (Å²) < 4.78 is 5.25. The van der Waals surface area contributed by atoms with Gasteiger partial charge in [-0.2, -0.15) is 0 Å². The van der Waals surface area contributed by atoms with E-state index in [2.05, 4.69) is 10.6 Å². The lowest BCUT2D eigenvalue weighted by Gasteiger charge is -2.28. The summed E-state index contributed by atoms with van der Waals surface area (Å²) in [5.41, 5.74) is -1.01. The number of carbonyl (C=O) groups excluding carboxylic acids is 1. The van der Waals surface area contributed by atoms with Gasteiger partial charge in [0.1, 0.15) is 5.41 Å². The van der Waals surface area contributed by atoms with E-state index in [-0.39, 0.29) is 31.1 Å². The van der Waals surface area contributed by atoms with Crippen LogP contribution in [0.25, 0.3) is 0 Å². The molecular weight excluding hydrogens is 248 g/mol. The Kier molecular flexibility index (Phi) is 3.02. The molecule has 0 aromatic heterocycles. The average molecular weight is 268 g/mol. The van der Waals surface area contributed by atoms with Crippen LogP contribution in [-0.4, -0.2) is 48.3 Å². The number of hydrogen-bond donors (Lipinski definition) is 3. The van der Waals surface area contributed by atoms with Crippen LogP contribution in [0.1, 0.15) is 26.2 Å². The van der Waals surface area contributed by atoms with Gasteiger partial charge in [-0.15, -0.1) is 0 Å². The third-order valence-electron chi connectivity index (χ3n) is 4.90. The molecule has 2 bridgehead atoms. The molecule has 0 aliphatic carbocycles. The molecule has 19 heavy (non-hydrogen) atoms. The molecule has 6 nitrogen and oxygen atoms in total. The van der Waals surface area contributed by atoms with E-state index in [1.54, 1.807) is 6.92 Å². The third kappa shape index (κ3) is 2.03. The quantitative estimate of drug-likeness (QED) is 0.656. The second kappa shape index (κ2) is 4.45. The molecule has 6 heteroatoms. The minimum atomic E-state index is -1.01. The molecule has 3 fully saturated rings. The number of ether oxygens (including phenoxy) is 1. The standard InChI is InChI=1S/C13H20N2O4/c1-13(12(17)18)6-19-5-10(13)15-11(16)8-4-7-2-3-9(8)14-7/h7-10,14H,2-6H2,1H3,(H,15,16)(H,17,18). The Balaban J connectivity index is 1.65. The number of carboxylic acids is 1. The van der Waals surface area contributed by atoms with Crippen molar-refractivity contribution in [1.29, 1.82) is 0 Å². The fraction of sp³-hybridized carbons (Fsp3) is 0.846. The molecule has 0 aromatic rings. The minimum Gasteiger partial charge on any atom is -0.481 e. The van der Waals surface area contributed by atoms with Gasteiger partial charge in [-0.1, -0.05) is 0 Å². The van der Waals surface area contributed by atoms with Crippen molar-refractivity contribution in [1.82, 2.24) is 10.6 Å². The van der Waals surface area contributed by atoms with E-state index in [0.29, 0.717) is 6.04 Å². The molecule has 106 valence electrons. The van der Waals surface area contributed by atoms with Gasteiger partial charge >= 0.3 is 5.97 Å². The maximum atomic E-state index is 12.3. The Morgan fingerprint density at radius 1 is 1.42 bits per heavy atom. The molecule has 5 unspecified atom stereocenters. The molecule has 3 N–H and O–H groups in total. The van der Waals surface area contributed by atoms with Gasteiger partial charge in [0.25, 0.3) is 0 Å². The number of amides is 1. The highest BCUT2D eigenvalue weighted by Gasteiger charge is 2.49. The highest BCUT2D eigenvalue weighted by Crippen LogP contribution is 2.34. The van der Waals surface area contributed by atoms with Crippen LogP contribution >= 0.6 is 0 Å². The number of rotatable bonds is 3. The maximum absolute atomic E-state index is 12.3. The number of nitrogens with one attached hydrogen (secondary N) is 2. The first-order valence-electron chi connectivity index (χ1n) is 6.88. The van der Waals surface area contributed by atoms with Gasteiger partial charge in [-0.3, -0.25) is 9.59 Å². The molecule has 3 heterocycles. The van der Waals surface area contributed by atoms with Gasteiger partial charge in [-0.25, -0.2) is 0 Å². The molecule has 3 rings (SSSR count). The van der Waals surface area contributed by atoms with Crippen LogP contribution in [0.5, 0.6) is 0 Å². The largest absolute Gasteiger partial charge is 0.481 e. The van der Waals surface area contributed by atoms with Crippen LogP contribution in [0, 0.1) is 11.3 Å². The van der Waals surface area contributed by atoms with Crippen LogP contribution < -0.4 is 10.6 Å². The molecule has 3 aliphatic heterocycles. The highest BCUT2D eigenvalue weighted by atomic mass is 16.5. The molecule has 0 radical (unpaired) electrons. The van der Waals surface area contributed by atoms with Crippen molar-refractivity contribution in [2.45, 2.75) is 44.3 Å². The fourth-order valence-corrected chi connectivity index (χ4v) is 3.48. The Morgan fingerprint density at radius 3 is 2.79 bits per heavy atom. The lowest BCUT2D eigenvalue weighted by molar-refractivity contribution is -0.149. The Hall–Kier alpha value is -1.14. The Morgan fingerprint density at radius 2 is 2.21 bits per heavy atom. The van der Waals surface area contributed by atoms with Gasteiger partial charge in [0.05, 0.1) is 25.2 Å². The van der Waals surface area contributed by atoms with E-state index in [1.165, 1.54) is 0 Å². The minimum absolute atomic E-state index is 0.0163. The average Bonchev–Trinajstić information content (AvgIpc) is 3.05. The summed E-state index contributed by atoms with van der Waals surface area (Å²) in [6, 6.07) is 0.298. The summed E-state index contributed by atoms with van der Waals surface area (Å²) in [5.74, 6) is -0.957. The predicted molar refractivity (Wildman–Crippen MR) is 66.5 cm³/mol. The van der Waals surface area contributed by atoms with E-state index in [4.69, 9.17) is 4.74 Å². The Bertz CT molecular complexity index is 413. The summed E-state index contributed by atoms with van der Waals surface area (Å²) in [4.78, 5) is 23.6. The zero-order valence-electron chi connectivity index (χ0n) is 11.0. The predicted octanol–water partition coefficient (Wildman–Crippen LogP) is -0.267. The summed E-state index contributed by atoms with van der Waals surface area (Å²) in [5, 5.41) is 15.6. The van der Waals surface area contributed by atoms with E-state index < -0.39 is 17.4 Å². The SMILES string of the molecule is CC1(C(=O)O)COCC1NC(=O)C1CC2CCC1N2. The first kappa shape index (κ1) is 12.9. The van der Waals surface area contributed by atoms with Crippen molar-refractivity contribution >= 4 is 11.9 Å². The molecular formula is C13H20N2O4. The number of carboxylic acid groups (broad SMARTS) is 1. The summed E-state index contributed by atoms with van der Waals surface area (Å²) in [6.45, 7) is 2.07. The number of fused-ring (bicyclic) bond motifs is 2. The van der Waals surface area contributed by atoms with Crippen LogP contribution in [0.15, 0.2) is 0 Å². The van der Waals surface area contributed by atoms with Crippen molar-refractivity contribution in [3.8, 4) is 0 Å². The van der Waals surface area contributed by atoms with Crippen molar-refractivity contribution in [2.75, 3.05) is 13.2 Å². The van der Waals surface area contributed by atoms with Crippen LogP contribution in [0.4, 0.5) is 0 Å². The first-order chi connectivity index (χ1) is 9.00. The van der Waals surface area contributed by atoms with Crippen molar-refractivity contribution in [3.63, 3.8) is 0 Å². The summed E-state index contributed by atoms with van der Waals surface area (Å²) in [6.07, 6.45) is 3.06. The third-order valence-corrected chi connectivity index (χ3v) is 4.90. The lowest BCUT2D eigenvalue weighted by atomic mass is 9.84. The van der Waals surface area contributed by atoms with Gasteiger partial charge in [0.2, 0.25) is 5.91 Å². The normalized spacial score (nSPS) is 44.5. The van der Waals surface area contributed by atoms with E-state index in [1.807, 2.05) is 0 Å². The fourth-order valence-electron chi connectivity index (χ4n) is 3.48. The van der Waals surface area contributed by atoms with Crippen molar-refractivity contribution in [3.05, 3.63) is 0 Å². The number of carbonyl (C=O) groups is 2.